The van der Waals surface area contributed by atoms with Gasteiger partial charge in [-0.2, -0.15) is 4.57 Å². The van der Waals surface area contributed by atoms with Crippen LogP contribution in [0.5, 0.6) is 0 Å². The summed E-state index contributed by atoms with van der Waals surface area (Å²) < 4.78 is 1.81. The largest absolute Gasteiger partial charge is 1.00 e. The molecule has 1 aromatic carbocycles. The molecule has 0 amide bonds. The number of aromatic nitrogens is 1. The van der Waals surface area contributed by atoms with Gasteiger partial charge in [-0.3, -0.25) is 4.79 Å². The van der Waals surface area contributed by atoms with Crippen molar-refractivity contribution in [2.24, 2.45) is 0 Å². The van der Waals surface area contributed by atoms with E-state index in [1.165, 1.54) is 0 Å². The number of hydrogen-bond donors (Lipinski definition) is 0. The lowest BCUT2D eigenvalue weighted by Crippen LogP contribution is -3.00. The van der Waals surface area contributed by atoms with E-state index in [0.717, 1.165) is 5.56 Å². The predicted molar refractivity (Wildman–Crippen MR) is 62.4 cm³/mol. The van der Waals surface area contributed by atoms with Gasteiger partial charge in [0.2, 0.25) is 12.3 Å². The number of benzene rings is 1. The van der Waals surface area contributed by atoms with Crippen molar-refractivity contribution < 1.29 is 26.3 Å². The normalized spacial score (nSPS) is 9.47. The fraction of sp³-hybridized carbons (Fsp3) is 0.0769. The molecule has 0 N–H and O–H groups in total. The molecule has 2 rings (SSSR count). The van der Waals surface area contributed by atoms with Crippen LogP contribution in [0.1, 0.15) is 10.4 Å². The minimum Gasteiger partial charge on any atom is -1.00 e. The zero-order valence-electron chi connectivity index (χ0n) is 9.01. The summed E-state index contributed by atoms with van der Waals surface area (Å²) in [6, 6.07) is 12.8. The number of nitrogens with zero attached hydrogens (tertiary/aromatic N) is 1. The van der Waals surface area contributed by atoms with Crippen molar-refractivity contribution in [3.63, 3.8) is 0 Å². The Hall–Kier alpha value is -1.19. The molecule has 0 spiro atoms. The average molecular weight is 313 g/mol. The highest BCUT2D eigenvalue weighted by Crippen LogP contribution is 2.03. The van der Waals surface area contributed by atoms with E-state index in [-0.39, 0.29) is 22.8 Å². The van der Waals surface area contributed by atoms with Gasteiger partial charge in [0.15, 0.2) is 12.4 Å². The van der Waals surface area contributed by atoms with Gasteiger partial charge in [0, 0.05) is 17.7 Å². The second kappa shape index (κ2) is 6.52. The topological polar surface area (TPSA) is 20.9 Å². The molecule has 1 heterocycles. The van der Waals surface area contributed by atoms with Crippen LogP contribution in [0, 0.1) is 0 Å². The maximum Gasteiger partial charge on any atom is 0.227 e. The van der Waals surface area contributed by atoms with E-state index < -0.39 is 0 Å². The van der Waals surface area contributed by atoms with Gasteiger partial charge in [-0.15, -0.1) is 0 Å². The second-order valence-electron chi connectivity index (χ2n) is 3.48. The Morgan fingerprint density at radius 2 is 1.65 bits per heavy atom. The summed E-state index contributed by atoms with van der Waals surface area (Å²) in [5, 5.41) is 0.670. The first-order chi connectivity index (χ1) is 7.75. The molecule has 0 unspecified atom stereocenters. The summed E-state index contributed by atoms with van der Waals surface area (Å²) in [4.78, 5) is 11.8. The number of halogens is 2. The third kappa shape index (κ3) is 3.95. The van der Waals surface area contributed by atoms with Crippen molar-refractivity contribution in [2.75, 3.05) is 0 Å². The third-order valence-electron chi connectivity index (χ3n) is 2.27. The van der Waals surface area contributed by atoms with E-state index in [2.05, 4.69) is 0 Å². The Morgan fingerprint density at radius 3 is 2.24 bits per heavy atom. The highest BCUT2D eigenvalue weighted by molar-refractivity contribution is 6.30. The molecule has 1 aromatic heterocycles. The number of carbonyl (C=O) groups is 1. The average Bonchev–Trinajstić information content (AvgIpc) is 2.33. The highest BCUT2D eigenvalue weighted by atomic mass is 79.9. The van der Waals surface area contributed by atoms with Gasteiger partial charge in [0.05, 0.1) is 5.02 Å². The third-order valence-corrected chi connectivity index (χ3v) is 2.52. The van der Waals surface area contributed by atoms with E-state index in [4.69, 9.17) is 11.6 Å². The van der Waals surface area contributed by atoms with Gasteiger partial charge in [-0.25, -0.2) is 0 Å². The molecule has 0 radical (unpaired) electrons. The van der Waals surface area contributed by atoms with Crippen LogP contribution in [-0.4, -0.2) is 5.78 Å². The van der Waals surface area contributed by atoms with Gasteiger partial charge < -0.3 is 17.0 Å². The minimum absolute atomic E-state index is 0. The molecule has 0 aliphatic rings. The van der Waals surface area contributed by atoms with Crippen molar-refractivity contribution in [1.29, 1.82) is 0 Å². The van der Waals surface area contributed by atoms with E-state index >= 15 is 0 Å². The highest BCUT2D eigenvalue weighted by Gasteiger charge is 2.10. The quantitative estimate of drug-likeness (QED) is 0.554. The first-order valence-electron chi connectivity index (χ1n) is 4.98. The maximum atomic E-state index is 11.8. The van der Waals surface area contributed by atoms with E-state index in [9.17, 15) is 4.79 Å². The molecule has 17 heavy (non-hydrogen) atoms. The number of pyridine rings is 1. The smallest absolute Gasteiger partial charge is 0.227 e. The SMILES string of the molecule is O=C(C[n+]1ccc(Cl)cc1)c1ccccc1.[Br-]. The summed E-state index contributed by atoms with van der Waals surface area (Å²) in [5.74, 6) is 0.0907. The standard InChI is InChI=1S/C13H11ClNO.BrH/c14-12-6-8-15(9-7-12)10-13(16)11-4-2-1-3-5-11;/h1-9H,10H2;1H/q+1;/p-1. The van der Waals surface area contributed by atoms with Crippen molar-refractivity contribution in [3.05, 3.63) is 65.4 Å². The molecule has 0 atom stereocenters. The van der Waals surface area contributed by atoms with Crippen LogP contribution in [0.4, 0.5) is 0 Å². The van der Waals surface area contributed by atoms with E-state index in [1.807, 2.05) is 30.3 Å². The molecule has 0 fully saturated rings. The van der Waals surface area contributed by atoms with Crippen LogP contribution in [0.3, 0.4) is 0 Å². The monoisotopic (exact) mass is 311 g/mol. The summed E-state index contributed by atoms with van der Waals surface area (Å²) >= 11 is 5.77. The minimum atomic E-state index is 0. The molecular formula is C13H11BrClNO. The van der Waals surface area contributed by atoms with Crippen LogP contribution in [0.2, 0.25) is 5.02 Å². The summed E-state index contributed by atoms with van der Waals surface area (Å²) in [6.45, 7) is 0.335. The number of Topliss-reactive ketones (excluding diaryl/α,β-unsaturated/α-hetero) is 1. The van der Waals surface area contributed by atoms with Gasteiger partial charge in [-0.1, -0.05) is 41.9 Å². The lowest BCUT2D eigenvalue weighted by Gasteiger charge is -1.97. The maximum absolute atomic E-state index is 11.8. The van der Waals surface area contributed by atoms with Gasteiger partial charge in [0.25, 0.3) is 0 Å². The zero-order valence-corrected chi connectivity index (χ0v) is 11.4. The summed E-state index contributed by atoms with van der Waals surface area (Å²) in [7, 11) is 0. The van der Waals surface area contributed by atoms with Gasteiger partial charge in [-0.05, 0) is 0 Å². The van der Waals surface area contributed by atoms with Crippen LogP contribution < -0.4 is 21.5 Å². The molecule has 4 heteroatoms. The Kier molecular flexibility index (Phi) is 5.32. The fourth-order valence-corrected chi connectivity index (χ4v) is 1.54. The molecule has 0 aliphatic heterocycles. The second-order valence-corrected chi connectivity index (χ2v) is 3.91. The van der Waals surface area contributed by atoms with Crippen molar-refractivity contribution in [3.8, 4) is 0 Å². The fourth-order valence-electron chi connectivity index (χ4n) is 1.43. The molecular weight excluding hydrogens is 302 g/mol. The molecule has 0 saturated heterocycles. The summed E-state index contributed by atoms with van der Waals surface area (Å²) in [6.07, 6.45) is 3.59. The molecule has 0 aliphatic carbocycles. The molecule has 0 bridgehead atoms. The Bertz CT molecular complexity index is 485. The predicted octanol–water partition coefficient (Wildman–Crippen LogP) is -0.486. The molecule has 2 nitrogen and oxygen atoms in total. The Labute approximate surface area is 116 Å². The number of ketones is 1. The van der Waals surface area contributed by atoms with Crippen molar-refractivity contribution in [2.45, 2.75) is 6.54 Å². The van der Waals surface area contributed by atoms with Crippen LogP contribution >= 0.6 is 11.6 Å². The Balaban J connectivity index is 0.00000144. The lowest BCUT2D eigenvalue weighted by molar-refractivity contribution is -0.683. The first-order valence-corrected chi connectivity index (χ1v) is 5.36. The van der Waals surface area contributed by atoms with Gasteiger partial charge in [0.1, 0.15) is 0 Å². The first kappa shape index (κ1) is 13.9. The molecule has 0 saturated carbocycles. The van der Waals surface area contributed by atoms with E-state index in [1.54, 1.807) is 29.1 Å². The molecule has 88 valence electrons. The van der Waals surface area contributed by atoms with Crippen LogP contribution in [-0.2, 0) is 6.54 Å². The van der Waals surface area contributed by atoms with Crippen molar-refractivity contribution in [1.82, 2.24) is 0 Å². The van der Waals surface area contributed by atoms with Crippen LogP contribution in [0.15, 0.2) is 54.9 Å². The van der Waals surface area contributed by atoms with Crippen LogP contribution in [0.25, 0.3) is 0 Å². The number of hydrogen-bond acceptors (Lipinski definition) is 1. The Morgan fingerprint density at radius 1 is 1.06 bits per heavy atom. The van der Waals surface area contributed by atoms with Crippen molar-refractivity contribution >= 4 is 17.4 Å². The van der Waals surface area contributed by atoms with Gasteiger partial charge >= 0.3 is 0 Å². The van der Waals surface area contributed by atoms with E-state index in [0.29, 0.717) is 11.6 Å². The summed E-state index contributed by atoms with van der Waals surface area (Å²) in [5.41, 5.74) is 0.727. The number of rotatable bonds is 3. The number of carbonyl (C=O) groups excluding carboxylic acids is 1. The lowest BCUT2D eigenvalue weighted by atomic mass is 10.1. The molecule has 2 aromatic rings. The zero-order chi connectivity index (χ0) is 11.4.